The number of hydrogen-bond donors (Lipinski definition) is 5. The molecule has 216 valence electrons. The van der Waals surface area contributed by atoms with E-state index in [9.17, 15) is 19.5 Å². The number of carbonyl (C=O) groups is 3. The zero-order valence-corrected chi connectivity index (χ0v) is 23.4. The van der Waals surface area contributed by atoms with Crippen molar-refractivity contribution in [2.24, 2.45) is 0 Å². The Kier molecular flexibility index (Phi) is 10.5. The predicted octanol–water partition coefficient (Wildman–Crippen LogP) is 2.91. The van der Waals surface area contributed by atoms with Crippen LogP contribution in [0.2, 0.25) is 0 Å². The number of aliphatic hydroxyl groups is 1. The summed E-state index contributed by atoms with van der Waals surface area (Å²) in [6.07, 6.45) is 7.17. The van der Waals surface area contributed by atoms with E-state index in [0.29, 0.717) is 36.3 Å². The third-order valence-corrected chi connectivity index (χ3v) is 7.89. The summed E-state index contributed by atoms with van der Waals surface area (Å²) in [4.78, 5) is 40.3. The molecule has 2 aromatic rings. The molecule has 3 atom stereocenters. The van der Waals surface area contributed by atoms with Crippen molar-refractivity contribution in [2.75, 3.05) is 23.7 Å². The van der Waals surface area contributed by atoms with Crippen molar-refractivity contribution in [1.29, 1.82) is 0 Å². The zero-order chi connectivity index (χ0) is 28.5. The van der Waals surface area contributed by atoms with Gasteiger partial charge in [0, 0.05) is 42.5 Å². The minimum absolute atomic E-state index is 0.0216. The summed E-state index contributed by atoms with van der Waals surface area (Å²) in [7, 11) is 0. The van der Waals surface area contributed by atoms with Gasteiger partial charge in [0.05, 0.1) is 18.2 Å². The van der Waals surface area contributed by atoms with Crippen molar-refractivity contribution in [1.82, 2.24) is 16.0 Å². The summed E-state index contributed by atoms with van der Waals surface area (Å²) in [6, 6.07) is 13.7. The molecule has 4 rings (SSSR count). The molecule has 0 unspecified atom stereocenters. The number of nitrogens with one attached hydrogen (secondary N) is 3. The van der Waals surface area contributed by atoms with Crippen molar-refractivity contribution >= 4 is 29.1 Å². The molecule has 1 aliphatic carbocycles. The molecule has 0 spiro atoms. The second kappa shape index (κ2) is 14.3. The number of piperidine rings is 1. The highest BCUT2D eigenvalue weighted by Crippen LogP contribution is 2.25. The molecule has 1 aliphatic heterocycles. The normalized spacial score (nSPS) is 18.6. The Labute approximate surface area is 236 Å². The number of amides is 3. The Balaban J connectivity index is 1.42. The first-order chi connectivity index (χ1) is 19.3. The van der Waals surface area contributed by atoms with Crippen molar-refractivity contribution < 1.29 is 19.5 Å². The van der Waals surface area contributed by atoms with Crippen LogP contribution in [0.3, 0.4) is 0 Å². The molecule has 0 radical (unpaired) electrons. The lowest BCUT2D eigenvalue weighted by Crippen LogP contribution is -2.53. The molecule has 1 saturated carbocycles. The van der Waals surface area contributed by atoms with Crippen LogP contribution in [-0.2, 0) is 16.0 Å². The van der Waals surface area contributed by atoms with E-state index in [1.54, 1.807) is 30.0 Å². The topological polar surface area (TPSA) is 137 Å². The molecule has 0 aromatic heterocycles. The van der Waals surface area contributed by atoms with E-state index in [2.05, 4.69) is 16.0 Å². The number of aliphatic hydroxyl groups excluding tert-OH is 1. The highest BCUT2D eigenvalue weighted by atomic mass is 16.3. The Hall–Kier alpha value is -3.43. The van der Waals surface area contributed by atoms with Gasteiger partial charge in [-0.05, 0) is 62.8 Å². The van der Waals surface area contributed by atoms with Crippen LogP contribution >= 0.6 is 0 Å². The number of nitrogens with zero attached hydrogens (tertiary/aromatic N) is 1. The fourth-order valence-corrected chi connectivity index (χ4v) is 5.51. The van der Waals surface area contributed by atoms with Gasteiger partial charge in [-0.3, -0.25) is 14.4 Å². The first-order valence-electron chi connectivity index (χ1n) is 14.6. The Morgan fingerprint density at radius 2 is 1.80 bits per heavy atom. The van der Waals surface area contributed by atoms with Crippen molar-refractivity contribution in [3.05, 3.63) is 59.7 Å². The summed E-state index contributed by atoms with van der Waals surface area (Å²) >= 11 is 0. The second-order valence-electron chi connectivity index (χ2n) is 11.1. The van der Waals surface area contributed by atoms with E-state index >= 15 is 0 Å². The van der Waals surface area contributed by atoms with Gasteiger partial charge in [-0.25, -0.2) is 0 Å². The van der Waals surface area contributed by atoms with Gasteiger partial charge in [-0.15, -0.1) is 0 Å². The molecule has 9 heteroatoms. The first-order valence-corrected chi connectivity index (χ1v) is 14.6. The minimum atomic E-state index is -0.960. The number of rotatable bonds is 11. The minimum Gasteiger partial charge on any atom is -0.399 e. The lowest BCUT2D eigenvalue weighted by molar-refractivity contribution is -0.123. The summed E-state index contributed by atoms with van der Waals surface area (Å²) in [5.74, 6) is -0.448. The zero-order valence-electron chi connectivity index (χ0n) is 23.4. The summed E-state index contributed by atoms with van der Waals surface area (Å²) in [6.45, 7) is 2.50. The highest BCUT2D eigenvalue weighted by molar-refractivity contribution is 5.99. The standard InChI is InChI=1S/C31H43N5O4/c1-21(30(39)34-25-12-6-3-7-13-25)33-20-28(37)27(16-22-10-4-2-5-11-22)35-31(40)23-17-24(32)19-26(18-23)36-15-9-8-14-29(36)38/h2,4-5,10-11,17-19,21,25,27-28,33,37H,3,6-9,12-16,20,32H2,1H3,(H,34,39)(H,35,40)/t21-,27-,28-/m0/s1. The molecule has 1 heterocycles. The van der Waals surface area contributed by atoms with Crippen LogP contribution < -0.4 is 26.6 Å². The van der Waals surface area contributed by atoms with E-state index in [1.807, 2.05) is 30.3 Å². The van der Waals surface area contributed by atoms with Gasteiger partial charge in [0.25, 0.3) is 5.91 Å². The average Bonchev–Trinajstić information content (AvgIpc) is 2.96. The third kappa shape index (κ3) is 8.29. The van der Waals surface area contributed by atoms with Crippen LogP contribution in [0.5, 0.6) is 0 Å². The number of hydrogen-bond acceptors (Lipinski definition) is 6. The van der Waals surface area contributed by atoms with Crippen LogP contribution in [0, 0.1) is 0 Å². The van der Waals surface area contributed by atoms with Crippen molar-refractivity contribution in [3.8, 4) is 0 Å². The van der Waals surface area contributed by atoms with Crippen molar-refractivity contribution in [2.45, 2.75) is 88.9 Å². The second-order valence-corrected chi connectivity index (χ2v) is 11.1. The van der Waals surface area contributed by atoms with E-state index < -0.39 is 18.2 Å². The third-order valence-electron chi connectivity index (χ3n) is 7.89. The molecular formula is C31H43N5O4. The van der Waals surface area contributed by atoms with Crippen LogP contribution in [0.25, 0.3) is 0 Å². The molecule has 40 heavy (non-hydrogen) atoms. The average molecular weight is 550 g/mol. The van der Waals surface area contributed by atoms with E-state index in [4.69, 9.17) is 5.73 Å². The molecule has 0 bridgehead atoms. The maximum absolute atomic E-state index is 13.4. The molecule has 2 fully saturated rings. The summed E-state index contributed by atoms with van der Waals surface area (Å²) < 4.78 is 0. The quantitative estimate of drug-likeness (QED) is 0.274. The number of nitrogens with two attached hydrogens (primary N) is 1. The predicted molar refractivity (Wildman–Crippen MR) is 157 cm³/mol. The molecular weight excluding hydrogens is 506 g/mol. The molecule has 2 aromatic carbocycles. The first kappa shape index (κ1) is 29.6. The van der Waals surface area contributed by atoms with Gasteiger partial charge >= 0.3 is 0 Å². The van der Waals surface area contributed by atoms with Gasteiger partial charge in [-0.1, -0.05) is 49.6 Å². The molecule has 9 nitrogen and oxygen atoms in total. The number of benzene rings is 2. The van der Waals surface area contributed by atoms with E-state index in [-0.39, 0.29) is 30.3 Å². The smallest absolute Gasteiger partial charge is 0.251 e. The molecule has 3 amide bonds. The lowest BCUT2D eigenvalue weighted by Gasteiger charge is -2.28. The van der Waals surface area contributed by atoms with Gasteiger partial charge < -0.3 is 31.7 Å². The number of anilines is 2. The van der Waals surface area contributed by atoms with Crippen LogP contribution in [0.1, 0.15) is 74.2 Å². The molecule has 2 aliphatic rings. The fraction of sp³-hybridized carbons (Fsp3) is 0.516. The van der Waals surface area contributed by atoms with Crippen LogP contribution in [0.4, 0.5) is 11.4 Å². The van der Waals surface area contributed by atoms with Crippen LogP contribution in [-0.4, -0.2) is 60.1 Å². The van der Waals surface area contributed by atoms with Gasteiger partial charge in [0.2, 0.25) is 11.8 Å². The monoisotopic (exact) mass is 549 g/mol. The van der Waals surface area contributed by atoms with E-state index in [0.717, 1.165) is 44.1 Å². The Morgan fingerprint density at radius 3 is 2.52 bits per heavy atom. The molecule has 1 saturated heterocycles. The molecule has 6 N–H and O–H groups in total. The number of carbonyl (C=O) groups excluding carboxylic acids is 3. The van der Waals surface area contributed by atoms with Gasteiger partial charge in [0.15, 0.2) is 0 Å². The highest BCUT2D eigenvalue weighted by Gasteiger charge is 2.26. The number of nitrogen functional groups attached to an aromatic ring is 1. The Bertz CT molecular complexity index is 1150. The maximum Gasteiger partial charge on any atom is 0.251 e. The SMILES string of the molecule is C[C@H](NC[C@H](O)[C@H](Cc1ccccc1)NC(=O)c1cc(N)cc(N2CCCCC2=O)c1)C(=O)NC1CCCCC1. The van der Waals surface area contributed by atoms with Gasteiger partial charge in [0.1, 0.15) is 0 Å². The van der Waals surface area contributed by atoms with Crippen LogP contribution in [0.15, 0.2) is 48.5 Å². The largest absolute Gasteiger partial charge is 0.399 e. The maximum atomic E-state index is 13.4. The van der Waals surface area contributed by atoms with E-state index in [1.165, 1.54) is 6.42 Å². The Morgan fingerprint density at radius 1 is 1.05 bits per heavy atom. The summed E-state index contributed by atoms with van der Waals surface area (Å²) in [5.41, 5.74) is 8.41. The summed E-state index contributed by atoms with van der Waals surface area (Å²) in [5, 5.41) is 20.4. The fourth-order valence-electron chi connectivity index (χ4n) is 5.51. The van der Waals surface area contributed by atoms with Crippen molar-refractivity contribution in [3.63, 3.8) is 0 Å². The van der Waals surface area contributed by atoms with Gasteiger partial charge in [-0.2, -0.15) is 0 Å². The lowest BCUT2D eigenvalue weighted by atomic mass is 9.95.